The summed E-state index contributed by atoms with van der Waals surface area (Å²) in [6.07, 6.45) is 2.04. The van der Waals surface area contributed by atoms with E-state index in [1.165, 1.54) is 30.6 Å². The lowest BCUT2D eigenvalue weighted by molar-refractivity contribution is 0.102. The molecule has 0 saturated heterocycles. The summed E-state index contributed by atoms with van der Waals surface area (Å²) in [6, 6.07) is 12.8. The van der Waals surface area contributed by atoms with Gasteiger partial charge in [-0.05, 0) is 48.4 Å². The van der Waals surface area contributed by atoms with Crippen LogP contribution in [-0.2, 0) is 6.42 Å². The van der Waals surface area contributed by atoms with Gasteiger partial charge in [0, 0.05) is 18.3 Å². The Balaban J connectivity index is 1.58. The molecule has 0 atom stereocenters. The molecule has 2 N–H and O–H groups in total. The lowest BCUT2D eigenvalue weighted by Crippen LogP contribution is -2.15. The number of carbonyl (C=O) groups is 1. The van der Waals surface area contributed by atoms with Crippen LogP contribution in [0.15, 0.2) is 54.9 Å². The van der Waals surface area contributed by atoms with Crippen molar-refractivity contribution in [3.8, 4) is 11.5 Å². The highest BCUT2D eigenvalue weighted by Crippen LogP contribution is 2.27. The second kappa shape index (κ2) is 9.50. The number of hydrogen-bond donors (Lipinski definition) is 2. The molecule has 0 aliphatic heterocycles. The Kier molecular flexibility index (Phi) is 6.57. The summed E-state index contributed by atoms with van der Waals surface area (Å²) in [5.74, 6) is 1.11. The van der Waals surface area contributed by atoms with E-state index >= 15 is 0 Å². The molecule has 1 amide bonds. The number of hydrogen-bond acceptors (Lipinski definition) is 6. The summed E-state index contributed by atoms with van der Waals surface area (Å²) in [4.78, 5) is 20.5. The van der Waals surface area contributed by atoms with Crippen LogP contribution in [-0.4, -0.2) is 36.6 Å². The normalized spacial score (nSPS) is 10.3. The molecule has 0 saturated carbocycles. The SMILES string of the molecule is COc1ccc(CCNc2cc(C(=O)Nc3ccc(F)cc3)ncn2)cc1OC. The van der Waals surface area contributed by atoms with Gasteiger partial charge in [0.15, 0.2) is 11.5 Å². The Hall–Kier alpha value is -3.68. The number of methoxy groups -OCH3 is 2. The molecule has 0 spiro atoms. The molecule has 2 aromatic carbocycles. The highest BCUT2D eigenvalue weighted by molar-refractivity contribution is 6.03. The third kappa shape index (κ3) is 5.41. The minimum Gasteiger partial charge on any atom is -0.493 e. The molecule has 0 aliphatic carbocycles. The van der Waals surface area contributed by atoms with E-state index in [4.69, 9.17) is 9.47 Å². The van der Waals surface area contributed by atoms with E-state index in [0.29, 0.717) is 29.5 Å². The zero-order valence-corrected chi connectivity index (χ0v) is 16.1. The Morgan fingerprint density at radius 1 is 1.00 bits per heavy atom. The van der Waals surface area contributed by atoms with Crippen molar-refractivity contribution in [2.45, 2.75) is 6.42 Å². The lowest BCUT2D eigenvalue weighted by atomic mass is 10.1. The first kappa shape index (κ1) is 20.1. The fourth-order valence-electron chi connectivity index (χ4n) is 2.68. The fourth-order valence-corrected chi connectivity index (χ4v) is 2.68. The quantitative estimate of drug-likeness (QED) is 0.606. The maximum atomic E-state index is 13.0. The first-order valence-corrected chi connectivity index (χ1v) is 8.93. The number of benzene rings is 2. The molecule has 7 nitrogen and oxygen atoms in total. The third-order valence-electron chi connectivity index (χ3n) is 4.17. The van der Waals surface area contributed by atoms with Crippen LogP contribution in [0, 0.1) is 5.82 Å². The number of amides is 1. The van der Waals surface area contributed by atoms with Crippen molar-refractivity contribution in [3.63, 3.8) is 0 Å². The van der Waals surface area contributed by atoms with Crippen molar-refractivity contribution in [1.29, 1.82) is 0 Å². The van der Waals surface area contributed by atoms with Crippen molar-refractivity contribution in [2.75, 3.05) is 31.4 Å². The minimum atomic E-state index is -0.401. The largest absolute Gasteiger partial charge is 0.493 e. The van der Waals surface area contributed by atoms with Gasteiger partial charge in [0.1, 0.15) is 23.7 Å². The Morgan fingerprint density at radius 2 is 1.76 bits per heavy atom. The smallest absolute Gasteiger partial charge is 0.274 e. The standard InChI is InChI=1S/C21H21FN4O3/c1-28-18-8-3-14(11-19(18)29-2)9-10-23-20-12-17(24-13-25-20)21(27)26-16-6-4-15(22)5-7-16/h3-8,11-13H,9-10H2,1-2H3,(H,26,27)(H,23,24,25). The molecule has 29 heavy (non-hydrogen) atoms. The van der Waals surface area contributed by atoms with E-state index < -0.39 is 5.91 Å². The molecule has 3 rings (SSSR count). The number of ether oxygens (including phenoxy) is 2. The Labute approximate surface area is 167 Å². The average molecular weight is 396 g/mol. The Bertz CT molecular complexity index is 980. The van der Waals surface area contributed by atoms with Crippen molar-refractivity contribution < 1.29 is 18.7 Å². The van der Waals surface area contributed by atoms with Crippen LogP contribution in [0.1, 0.15) is 16.1 Å². The van der Waals surface area contributed by atoms with Gasteiger partial charge in [0.2, 0.25) is 0 Å². The van der Waals surface area contributed by atoms with Crippen LogP contribution in [0.3, 0.4) is 0 Å². The molecular weight excluding hydrogens is 375 g/mol. The number of nitrogens with one attached hydrogen (secondary N) is 2. The molecule has 0 unspecified atom stereocenters. The molecule has 8 heteroatoms. The molecule has 150 valence electrons. The summed E-state index contributed by atoms with van der Waals surface area (Å²) in [5, 5.41) is 5.84. The van der Waals surface area contributed by atoms with Crippen LogP contribution in [0.2, 0.25) is 0 Å². The van der Waals surface area contributed by atoms with Gasteiger partial charge in [-0.15, -0.1) is 0 Å². The first-order chi connectivity index (χ1) is 14.1. The molecule has 3 aromatic rings. The second-order valence-electron chi connectivity index (χ2n) is 6.12. The van der Waals surface area contributed by atoms with Gasteiger partial charge in [0.25, 0.3) is 5.91 Å². The summed E-state index contributed by atoms with van der Waals surface area (Å²) in [5.41, 5.74) is 1.76. The topological polar surface area (TPSA) is 85.4 Å². The van der Waals surface area contributed by atoms with Crippen LogP contribution in [0.25, 0.3) is 0 Å². The second-order valence-corrected chi connectivity index (χ2v) is 6.12. The maximum Gasteiger partial charge on any atom is 0.274 e. The lowest BCUT2D eigenvalue weighted by Gasteiger charge is -2.10. The van der Waals surface area contributed by atoms with Crippen LogP contribution in [0.5, 0.6) is 11.5 Å². The number of carbonyl (C=O) groups excluding carboxylic acids is 1. The fraction of sp³-hybridized carbons (Fsp3) is 0.190. The number of rotatable bonds is 8. The molecule has 1 aromatic heterocycles. The predicted octanol–water partition coefficient (Wildman–Crippen LogP) is 3.54. The summed E-state index contributed by atoms with van der Waals surface area (Å²) >= 11 is 0. The molecule has 1 heterocycles. The van der Waals surface area contributed by atoms with Crippen molar-refractivity contribution in [2.24, 2.45) is 0 Å². The van der Waals surface area contributed by atoms with Crippen LogP contribution < -0.4 is 20.1 Å². The summed E-state index contributed by atoms with van der Waals surface area (Å²) in [7, 11) is 3.19. The van der Waals surface area contributed by atoms with Gasteiger partial charge in [-0.25, -0.2) is 14.4 Å². The molecular formula is C21H21FN4O3. The van der Waals surface area contributed by atoms with Crippen LogP contribution >= 0.6 is 0 Å². The third-order valence-corrected chi connectivity index (χ3v) is 4.17. The van der Waals surface area contributed by atoms with Gasteiger partial charge < -0.3 is 20.1 Å². The van der Waals surface area contributed by atoms with E-state index in [1.54, 1.807) is 20.3 Å². The predicted molar refractivity (Wildman–Crippen MR) is 108 cm³/mol. The van der Waals surface area contributed by atoms with Gasteiger partial charge in [-0.1, -0.05) is 6.07 Å². The molecule has 0 fully saturated rings. The van der Waals surface area contributed by atoms with Crippen molar-refractivity contribution in [3.05, 3.63) is 71.9 Å². The van der Waals surface area contributed by atoms with Gasteiger partial charge in [0.05, 0.1) is 14.2 Å². The summed E-state index contributed by atoms with van der Waals surface area (Å²) in [6.45, 7) is 0.603. The van der Waals surface area contributed by atoms with E-state index in [0.717, 1.165) is 12.0 Å². The van der Waals surface area contributed by atoms with E-state index in [1.807, 2.05) is 18.2 Å². The number of aromatic nitrogens is 2. The van der Waals surface area contributed by atoms with Gasteiger partial charge >= 0.3 is 0 Å². The van der Waals surface area contributed by atoms with Crippen molar-refractivity contribution >= 4 is 17.4 Å². The van der Waals surface area contributed by atoms with E-state index in [2.05, 4.69) is 20.6 Å². The highest BCUT2D eigenvalue weighted by Gasteiger charge is 2.10. The molecule has 0 aliphatic rings. The zero-order chi connectivity index (χ0) is 20.6. The first-order valence-electron chi connectivity index (χ1n) is 8.93. The number of nitrogens with zero attached hydrogens (tertiary/aromatic N) is 2. The van der Waals surface area contributed by atoms with Gasteiger partial charge in [-0.2, -0.15) is 0 Å². The zero-order valence-electron chi connectivity index (χ0n) is 16.1. The van der Waals surface area contributed by atoms with Crippen LogP contribution in [0.4, 0.5) is 15.9 Å². The Morgan fingerprint density at radius 3 is 2.48 bits per heavy atom. The molecule has 0 radical (unpaired) electrons. The minimum absolute atomic E-state index is 0.206. The average Bonchev–Trinajstić information content (AvgIpc) is 2.75. The monoisotopic (exact) mass is 396 g/mol. The number of halogens is 1. The highest BCUT2D eigenvalue weighted by atomic mass is 19.1. The maximum absolute atomic E-state index is 13.0. The molecule has 0 bridgehead atoms. The van der Waals surface area contributed by atoms with E-state index in [9.17, 15) is 9.18 Å². The number of anilines is 2. The summed E-state index contributed by atoms with van der Waals surface area (Å²) < 4.78 is 23.5. The van der Waals surface area contributed by atoms with Gasteiger partial charge in [-0.3, -0.25) is 4.79 Å². The van der Waals surface area contributed by atoms with E-state index in [-0.39, 0.29) is 11.5 Å². The van der Waals surface area contributed by atoms with Crippen molar-refractivity contribution in [1.82, 2.24) is 9.97 Å².